The average molecular weight is 161 g/mol. The SMILES string of the molecule is CC#N.O=S1(=O)CCCC1. The fourth-order valence-corrected chi connectivity index (χ4v) is 2.24. The minimum Gasteiger partial charge on any atom is -0.229 e. The molecule has 0 atom stereocenters. The fourth-order valence-electron chi connectivity index (χ4n) is 0.746. The van der Waals surface area contributed by atoms with E-state index < -0.39 is 9.84 Å². The van der Waals surface area contributed by atoms with Crippen LogP contribution in [0.3, 0.4) is 0 Å². The molecule has 1 heterocycles. The number of hydrogen-bond acceptors (Lipinski definition) is 3. The molecule has 0 amide bonds. The van der Waals surface area contributed by atoms with Gasteiger partial charge in [-0.05, 0) is 12.8 Å². The Morgan fingerprint density at radius 2 is 1.60 bits per heavy atom. The Kier molecular flexibility index (Phi) is 4.05. The van der Waals surface area contributed by atoms with Crippen LogP contribution in [0.1, 0.15) is 19.8 Å². The van der Waals surface area contributed by atoms with Crippen molar-refractivity contribution in [1.29, 1.82) is 5.26 Å². The van der Waals surface area contributed by atoms with Crippen LogP contribution in [0.4, 0.5) is 0 Å². The van der Waals surface area contributed by atoms with Gasteiger partial charge in [-0.2, -0.15) is 5.26 Å². The summed E-state index contributed by atoms with van der Waals surface area (Å²) in [5.41, 5.74) is 0. The summed E-state index contributed by atoms with van der Waals surface area (Å²) in [5.74, 6) is 0.847. The Morgan fingerprint density at radius 3 is 1.70 bits per heavy atom. The minimum atomic E-state index is -2.55. The molecule has 1 fully saturated rings. The first-order valence-electron chi connectivity index (χ1n) is 3.13. The molecule has 0 aliphatic carbocycles. The first kappa shape index (κ1) is 9.44. The monoisotopic (exact) mass is 161 g/mol. The van der Waals surface area contributed by atoms with Crippen LogP contribution in [0.2, 0.25) is 0 Å². The second kappa shape index (κ2) is 4.29. The van der Waals surface area contributed by atoms with E-state index in [4.69, 9.17) is 5.26 Å². The van der Waals surface area contributed by atoms with E-state index in [1.165, 1.54) is 6.92 Å². The molecule has 1 saturated heterocycles. The molecule has 0 N–H and O–H groups in total. The topological polar surface area (TPSA) is 57.9 Å². The average Bonchev–Trinajstić information content (AvgIpc) is 2.16. The number of hydrogen-bond donors (Lipinski definition) is 0. The molecule has 0 spiro atoms. The van der Waals surface area contributed by atoms with E-state index in [0.29, 0.717) is 11.5 Å². The van der Waals surface area contributed by atoms with E-state index in [9.17, 15) is 8.42 Å². The number of nitrogens with zero attached hydrogens (tertiary/aromatic N) is 1. The first-order valence-corrected chi connectivity index (χ1v) is 4.96. The normalized spacial score (nSPS) is 20.4. The number of rotatable bonds is 0. The third-order valence-corrected chi connectivity index (χ3v) is 2.98. The van der Waals surface area contributed by atoms with Crippen LogP contribution in [0, 0.1) is 11.3 Å². The van der Waals surface area contributed by atoms with Crippen molar-refractivity contribution < 1.29 is 8.42 Å². The van der Waals surface area contributed by atoms with Crippen molar-refractivity contribution >= 4 is 9.84 Å². The van der Waals surface area contributed by atoms with E-state index in [2.05, 4.69) is 0 Å². The van der Waals surface area contributed by atoms with E-state index in [1.807, 2.05) is 0 Å². The smallest absolute Gasteiger partial charge is 0.150 e. The summed E-state index contributed by atoms with van der Waals surface area (Å²) in [6.45, 7) is 1.43. The van der Waals surface area contributed by atoms with Crippen molar-refractivity contribution in [3.8, 4) is 6.07 Å². The zero-order chi connectivity index (χ0) is 8.04. The highest BCUT2D eigenvalue weighted by molar-refractivity contribution is 7.91. The van der Waals surface area contributed by atoms with Crippen molar-refractivity contribution in [2.45, 2.75) is 19.8 Å². The second-order valence-electron chi connectivity index (χ2n) is 2.08. The van der Waals surface area contributed by atoms with Gasteiger partial charge < -0.3 is 0 Å². The Morgan fingerprint density at radius 1 is 1.30 bits per heavy atom. The third-order valence-electron chi connectivity index (χ3n) is 1.16. The minimum absolute atomic E-state index is 0.424. The van der Waals surface area contributed by atoms with Gasteiger partial charge in [0.05, 0.1) is 17.6 Å². The Bertz CT molecular complexity index is 200. The molecular formula is C6H11NO2S. The van der Waals surface area contributed by atoms with Crippen LogP contribution < -0.4 is 0 Å². The van der Waals surface area contributed by atoms with Gasteiger partial charge in [-0.15, -0.1) is 0 Å². The van der Waals surface area contributed by atoms with Gasteiger partial charge in [-0.3, -0.25) is 0 Å². The predicted octanol–water partition coefficient (Wildman–Crippen LogP) is 0.725. The van der Waals surface area contributed by atoms with Crippen LogP contribution in [0.25, 0.3) is 0 Å². The van der Waals surface area contributed by atoms with E-state index >= 15 is 0 Å². The predicted molar refractivity (Wildman–Crippen MR) is 39.2 cm³/mol. The van der Waals surface area contributed by atoms with Crippen LogP contribution in [-0.2, 0) is 9.84 Å². The third kappa shape index (κ3) is 4.33. The van der Waals surface area contributed by atoms with Crippen LogP contribution in [0.15, 0.2) is 0 Å². The molecule has 10 heavy (non-hydrogen) atoms. The molecule has 1 aliphatic rings. The lowest BCUT2D eigenvalue weighted by Gasteiger charge is -1.81. The molecule has 4 heteroatoms. The maximum absolute atomic E-state index is 10.4. The van der Waals surface area contributed by atoms with Gasteiger partial charge in [0.1, 0.15) is 9.84 Å². The zero-order valence-electron chi connectivity index (χ0n) is 6.00. The maximum Gasteiger partial charge on any atom is 0.150 e. The first-order chi connectivity index (χ1) is 4.62. The lowest BCUT2D eigenvalue weighted by molar-refractivity contribution is 0.602. The summed E-state index contributed by atoms with van der Waals surface area (Å²) in [6.07, 6.45) is 1.75. The van der Waals surface area contributed by atoms with Crippen molar-refractivity contribution in [2.75, 3.05) is 11.5 Å². The molecule has 1 aliphatic heterocycles. The van der Waals surface area contributed by atoms with Gasteiger partial charge in [0.15, 0.2) is 0 Å². The highest BCUT2D eigenvalue weighted by atomic mass is 32.2. The van der Waals surface area contributed by atoms with Gasteiger partial charge in [0, 0.05) is 6.92 Å². The lowest BCUT2D eigenvalue weighted by atomic mass is 10.4. The molecule has 58 valence electrons. The number of nitriles is 1. The van der Waals surface area contributed by atoms with Gasteiger partial charge in [0.2, 0.25) is 0 Å². The standard InChI is InChI=1S/C4H8O2S.C2H3N/c5-7(6)3-1-2-4-7;1-2-3/h1-4H2;1H3. The molecule has 1 rings (SSSR count). The molecule has 0 aromatic heterocycles. The fraction of sp³-hybridized carbons (Fsp3) is 0.833. The highest BCUT2D eigenvalue weighted by Crippen LogP contribution is 2.08. The van der Waals surface area contributed by atoms with Crippen molar-refractivity contribution in [2.24, 2.45) is 0 Å². The zero-order valence-corrected chi connectivity index (χ0v) is 6.82. The molecule has 0 bridgehead atoms. The summed E-state index contributed by atoms with van der Waals surface area (Å²) in [7, 11) is -2.55. The van der Waals surface area contributed by atoms with Gasteiger partial charge in [0.25, 0.3) is 0 Å². The van der Waals surface area contributed by atoms with Gasteiger partial charge >= 0.3 is 0 Å². The second-order valence-corrected chi connectivity index (χ2v) is 4.39. The van der Waals surface area contributed by atoms with Crippen molar-refractivity contribution in [3.05, 3.63) is 0 Å². The van der Waals surface area contributed by atoms with Gasteiger partial charge in [-0.1, -0.05) is 0 Å². The molecule has 0 saturated carbocycles. The van der Waals surface area contributed by atoms with Crippen molar-refractivity contribution in [3.63, 3.8) is 0 Å². The number of sulfone groups is 1. The summed E-state index contributed by atoms with van der Waals surface area (Å²) in [6, 6.07) is 1.75. The molecule has 0 aromatic carbocycles. The van der Waals surface area contributed by atoms with E-state index in [-0.39, 0.29) is 0 Å². The molecule has 0 unspecified atom stereocenters. The highest BCUT2D eigenvalue weighted by Gasteiger charge is 2.16. The quantitative estimate of drug-likeness (QED) is 0.526. The van der Waals surface area contributed by atoms with E-state index in [0.717, 1.165) is 12.8 Å². The maximum atomic E-state index is 10.4. The Hall–Kier alpha value is -0.560. The summed E-state index contributed by atoms with van der Waals surface area (Å²) < 4.78 is 20.9. The molecular weight excluding hydrogens is 150 g/mol. The van der Waals surface area contributed by atoms with Crippen molar-refractivity contribution in [1.82, 2.24) is 0 Å². The van der Waals surface area contributed by atoms with Crippen LogP contribution in [-0.4, -0.2) is 19.9 Å². The lowest BCUT2D eigenvalue weighted by Crippen LogP contribution is -1.98. The Labute approximate surface area is 61.6 Å². The van der Waals surface area contributed by atoms with Gasteiger partial charge in [-0.25, -0.2) is 8.42 Å². The van der Waals surface area contributed by atoms with Crippen LogP contribution >= 0.6 is 0 Å². The Balaban J connectivity index is 0.000000236. The molecule has 3 nitrogen and oxygen atoms in total. The molecule has 0 radical (unpaired) electrons. The van der Waals surface area contributed by atoms with E-state index in [1.54, 1.807) is 6.07 Å². The summed E-state index contributed by atoms with van der Waals surface area (Å²) >= 11 is 0. The molecule has 0 aromatic rings. The van der Waals surface area contributed by atoms with Crippen LogP contribution in [0.5, 0.6) is 0 Å². The summed E-state index contributed by atoms with van der Waals surface area (Å²) in [5, 5.41) is 7.32. The summed E-state index contributed by atoms with van der Waals surface area (Å²) in [4.78, 5) is 0. The largest absolute Gasteiger partial charge is 0.229 e.